The third kappa shape index (κ3) is 2.93. The van der Waals surface area contributed by atoms with Gasteiger partial charge in [-0.15, -0.1) is 0 Å². The number of carboxylic acids is 1. The minimum atomic E-state index is -0.971. The Labute approximate surface area is 158 Å². The third-order valence-corrected chi connectivity index (χ3v) is 4.84. The summed E-state index contributed by atoms with van der Waals surface area (Å²) in [6, 6.07) is 17.0. The van der Waals surface area contributed by atoms with Gasteiger partial charge < -0.3 is 14.4 Å². The van der Waals surface area contributed by atoms with Crippen molar-refractivity contribution < 1.29 is 14.6 Å². The van der Waals surface area contributed by atoms with Crippen molar-refractivity contribution in [3.63, 3.8) is 0 Å². The lowest BCUT2D eigenvalue weighted by Gasteiger charge is -2.09. The summed E-state index contributed by atoms with van der Waals surface area (Å²) in [6.45, 7) is 0.421. The quantitative estimate of drug-likeness (QED) is 0.529. The zero-order valence-corrected chi connectivity index (χ0v) is 15.5. The fourth-order valence-corrected chi connectivity index (χ4v) is 3.44. The van der Waals surface area contributed by atoms with Gasteiger partial charge in [-0.3, -0.25) is 0 Å². The first-order chi connectivity index (χ1) is 12.5. The maximum absolute atomic E-state index is 11.8. The second kappa shape index (κ2) is 6.46. The van der Waals surface area contributed by atoms with Crippen LogP contribution in [0, 0.1) is 0 Å². The Bertz CT molecular complexity index is 1130. The van der Waals surface area contributed by atoms with Gasteiger partial charge in [-0.05, 0) is 48.0 Å². The number of hydrogen-bond donors (Lipinski definition) is 1. The number of nitrogens with zero attached hydrogens (tertiary/aromatic N) is 2. The molecule has 0 amide bonds. The predicted octanol–water partition coefficient (Wildman–Crippen LogP) is 4.71. The smallest absolute Gasteiger partial charge is 0.352 e. The molecule has 4 aromatic rings. The van der Waals surface area contributed by atoms with Crippen LogP contribution in [-0.2, 0) is 6.54 Å². The maximum atomic E-state index is 11.8. The number of pyridine rings is 1. The Morgan fingerprint density at radius 2 is 1.88 bits per heavy atom. The van der Waals surface area contributed by atoms with Gasteiger partial charge in [0.1, 0.15) is 17.1 Å². The molecular weight excluding hydrogens is 396 g/mol. The van der Waals surface area contributed by atoms with Crippen LogP contribution in [0.15, 0.2) is 59.1 Å². The number of hydrogen-bond acceptors (Lipinski definition) is 3. The van der Waals surface area contributed by atoms with Crippen molar-refractivity contribution in [2.75, 3.05) is 7.11 Å². The number of ether oxygens (including phenoxy) is 1. The van der Waals surface area contributed by atoms with Crippen molar-refractivity contribution in [3.05, 3.63) is 70.3 Å². The molecule has 2 heterocycles. The van der Waals surface area contributed by atoms with Crippen molar-refractivity contribution in [2.24, 2.45) is 0 Å². The molecule has 0 saturated carbocycles. The SMILES string of the molecule is COc1ccc(Cn2c(C(=O)O)cc3cc4cc(Br)ccc4nc32)cc1. The number of fused-ring (bicyclic) bond motifs is 2. The van der Waals surface area contributed by atoms with E-state index in [0.717, 1.165) is 32.1 Å². The van der Waals surface area contributed by atoms with Crippen LogP contribution in [0.4, 0.5) is 0 Å². The van der Waals surface area contributed by atoms with Crippen LogP contribution < -0.4 is 4.74 Å². The van der Waals surface area contributed by atoms with Crippen LogP contribution in [0.3, 0.4) is 0 Å². The van der Waals surface area contributed by atoms with Gasteiger partial charge in [0.15, 0.2) is 0 Å². The maximum Gasteiger partial charge on any atom is 0.352 e. The average molecular weight is 411 g/mol. The first-order valence-electron chi connectivity index (χ1n) is 8.01. The van der Waals surface area contributed by atoms with Gasteiger partial charge in [-0.25, -0.2) is 9.78 Å². The van der Waals surface area contributed by atoms with Crippen LogP contribution in [0.25, 0.3) is 21.9 Å². The van der Waals surface area contributed by atoms with E-state index < -0.39 is 5.97 Å². The summed E-state index contributed by atoms with van der Waals surface area (Å²) in [5, 5.41) is 11.4. The van der Waals surface area contributed by atoms with Crippen LogP contribution >= 0.6 is 15.9 Å². The highest BCUT2D eigenvalue weighted by molar-refractivity contribution is 9.10. The molecule has 0 atom stereocenters. The molecule has 0 spiro atoms. The van der Waals surface area contributed by atoms with Crippen molar-refractivity contribution >= 4 is 43.8 Å². The van der Waals surface area contributed by atoms with Gasteiger partial charge in [0.05, 0.1) is 12.6 Å². The molecule has 2 aromatic carbocycles. The molecule has 0 unspecified atom stereocenters. The minimum absolute atomic E-state index is 0.220. The second-order valence-corrected chi connectivity index (χ2v) is 6.92. The van der Waals surface area contributed by atoms with Gasteiger partial charge in [-0.2, -0.15) is 0 Å². The largest absolute Gasteiger partial charge is 0.497 e. The van der Waals surface area contributed by atoms with E-state index in [4.69, 9.17) is 9.72 Å². The number of carbonyl (C=O) groups is 1. The minimum Gasteiger partial charge on any atom is -0.497 e. The summed E-state index contributed by atoms with van der Waals surface area (Å²) in [5.41, 5.74) is 2.68. The van der Waals surface area contributed by atoms with Gasteiger partial charge in [0.25, 0.3) is 0 Å². The number of rotatable bonds is 4. The highest BCUT2D eigenvalue weighted by atomic mass is 79.9. The Morgan fingerprint density at radius 3 is 2.58 bits per heavy atom. The van der Waals surface area contributed by atoms with Crippen molar-refractivity contribution in [3.8, 4) is 5.75 Å². The van der Waals surface area contributed by atoms with Crippen LogP contribution in [-0.4, -0.2) is 27.7 Å². The number of aromatic nitrogens is 2. The molecule has 130 valence electrons. The topological polar surface area (TPSA) is 64.3 Å². The van der Waals surface area contributed by atoms with E-state index in [0.29, 0.717) is 12.2 Å². The lowest BCUT2D eigenvalue weighted by atomic mass is 10.2. The molecule has 4 rings (SSSR count). The molecule has 0 radical (unpaired) electrons. The van der Waals surface area contributed by atoms with Gasteiger partial charge in [0, 0.05) is 21.8 Å². The molecule has 0 aliphatic carbocycles. The summed E-state index contributed by atoms with van der Waals surface area (Å²) in [7, 11) is 1.62. The predicted molar refractivity (Wildman–Crippen MR) is 104 cm³/mol. The van der Waals surface area contributed by atoms with Gasteiger partial charge in [0.2, 0.25) is 0 Å². The monoisotopic (exact) mass is 410 g/mol. The number of aromatic carboxylic acids is 1. The standard InChI is InChI=1S/C20H15BrN2O3/c1-26-16-5-2-12(3-6-16)11-23-18(20(24)25)10-14-8-13-9-15(21)4-7-17(13)22-19(14)23/h2-10H,11H2,1H3,(H,24,25). The fraction of sp³-hybridized carbons (Fsp3) is 0.100. The average Bonchev–Trinajstić information content (AvgIpc) is 2.98. The fourth-order valence-electron chi connectivity index (χ4n) is 3.07. The summed E-state index contributed by atoms with van der Waals surface area (Å²) in [4.78, 5) is 16.5. The molecule has 1 N–H and O–H groups in total. The normalized spacial score (nSPS) is 11.2. The highest BCUT2D eigenvalue weighted by Gasteiger charge is 2.17. The van der Waals surface area contributed by atoms with E-state index in [-0.39, 0.29) is 5.69 Å². The molecule has 2 aromatic heterocycles. The van der Waals surface area contributed by atoms with Crippen LogP contribution in [0.2, 0.25) is 0 Å². The van der Waals surface area contributed by atoms with E-state index >= 15 is 0 Å². The lowest BCUT2D eigenvalue weighted by molar-refractivity contribution is 0.0686. The Balaban J connectivity index is 1.88. The Kier molecular flexibility index (Phi) is 4.12. The summed E-state index contributed by atoms with van der Waals surface area (Å²) >= 11 is 3.46. The first kappa shape index (κ1) is 16.6. The molecular formula is C20H15BrN2O3. The molecule has 0 saturated heterocycles. The zero-order valence-electron chi connectivity index (χ0n) is 13.9. The van der Waals surface area contributed by atoms with Gasteiger partial charge in [-0.1, -0.05) is 28.1 Å². The van der Waals surface area contributed by atoms with E-state index in [9.17, 15) is 9.90 Å². The molecule has 5 nitrogen and oxygen atoms in total. The number of carboxylic acid groups (broad SMARTS) is 1. The number of halogens is 1. The Hall–Kier alpha value is -2.86. The molecule has 0 bridgehead atoms. The molecule has 0 aliphatic rings. The van der Waals surface area contributed by atoms with E-state index in [2.05, 4.69) is 15.9 Å². The zero-order chi connectivity index (χ0) is 18.3. The van der Waals surface area contributed by atoms with E-state index in [1.165, 1.54) is 0 Å². The summed E-state index contributed by atoms with van der Waals surface area (Å²) < 4.78 is 7.87. The van der Waals surface area contributed by atoms with Crippen molar-refractivity contribution in [1.29, 1.82) is 0 Å². The number of methoxy groups -OCH3 is 1. The lowest BCUT2D eigenvalue weighted by Crippen LogP contribution is -2.10. The highest BCUT2D eigenvalue weighted by Crippen LogP contribution is 2.26. The van der Waals surface area contributed by atoms with Gasteiger partial charge >= 0.3 is 5.97 Å². The summed E-state index contributed by atoms with van der Waals surface area (Å²) in [5.74, 6) is -0.207. The molecule has 6 heteroatoms. The van der Waals surface area contributed by atoms with Crippen LogP contribution in [0.1, 0.15) is 16.1 Å². The van der Waals surface area contributed by atoms with Crippen molar-refractivity contribution in [1.82, 2.24) is 9.55 Å². The van der Waals surface area contributed by atoms with Crippen molar-refractivity contribution in [2.45, 2.75) is 6.54 Å². The first-order valence-corrected chi connectivity index (χ1v) is 8.80. The Morgan fingerprint density at radius 1 is 1.12 bits per heavy atom. The second-order valence-electron chi connectivity index (χ2n) is 6.01. The molecule has 0 fully saturated rings. The molecule has 26 heavy (non-hydrogen) atoms. The number of benzene rings is 2. The molecule has 0 aliphatic heterocycles. The van der Waals surface area contributed by atoms with E-state index in [1.807, 2.05) is 48.5 Å². The summed E-state index contributed by atoms with van der Waals surface area (Å²) in [6.07, 6.45) is 0. The third-order valence-electron chi connectivity index (χ3n) is 4.34. The van der Waals surface area contributed by atoms with E-state index in [1.54, 1.807) is 17.7 Å². The van der Waals surface area contributed by atoms with Crippen LogP contribution in [0.5, 0.6) is 5.75 Å².